The van der Waals surface area contributed by atoms with Crippen LogP contribution < -0.4 is 5.32 Å². The highest BCUT2D eigenvalue weighted by molar-refractivity contribution is 5.23. The van der Waals surface area contributed by atoms with E-state index in [0.717, 1.165) is 39.0 Å². The summed E-state index contributed by atoms with van der Waals surface area (Å²) < 4.78 is 5.42. The van der Waals surface area contributed by atoms with Crippen molar-refractivity contribution in [3.05, 3.63) is 35.4 Å². The largest absolute Gasteiger partial charge is 0.380 e. The summed E-state index contributed by atoms with van der Waals surface area (Å²) in [6.07, 6.45) is 2.67. The van der Waals surface area contributed by atoms with Gasteiger partial charge in [-0.2, -0.15) is 0 Å². The fourth-order valence-corrected chi connectivity index (χ4v) is 2.78. The molecule has 118 valence electrons. The first-order valence-corrected chi connectivity index (χ1v) is 8.04. The van der Waals surface area contributed by atoms with Crippen LogP contribution in [0.2, 0.25) is 0 Å². The van der Waals surface area contributed by atoms with Gasteiger partial charge >= 0.3 is 0 Å². The van der Waals surface area contributed by atoms with Crippen LogP contribution in [0, 0.1) is 0 Å². The molecule has 1 aliphatic heterocycles. The van der Waals surface area contributed by atoms with Crippen LogP contribution in [0.1, 0.15) is 38.3 Å². The molecule has 0 radical (unpaired) electrons. The molecule has 0 aliphatic carbocycles. The number of rotatable bonds is 6. The van der Waals surface area contributed by atoms with Gasteiger partial charge in [0, 0.05) is 32.3 Å². The highest BCUT2D eigenvalue weighted by atomic mass is 16.5. The molecule has 1 heterocycles. The Bertz CT molecular complexity index is 422. The lowest BCUT2D eigenvalue weighted by Gasteiger charge is -2.20. The first-order chi connectivity index (χ1) is 9.96. The molecular formula is C18H30N2O. The second kappa shape index (κ2) is 7.39. The van der Waals surface area contributed by atoms with Crippen molar-refractivity contribution in [1.29, 1.82) is 0 Å². The molecule has 1 aromatic carbocycles. The van der Waals surface area contributed by atoms with Crippen molar-refractivity contribution in [1.82, 2.24) is 10.2 Å². The molecule has 0 aromatic heterocycles. The Morgan fingerprint density at radius 3 is 2.43 bits per heavy atom. The van der Waals surface area contributed by atoms with Crippen molar-refractivity contribution in [2.75, 3.05) is 26.7 Å². The summed E-state index contributed by atoms with van der Waals surface area (Å²) in [5.41, 5.74) is 3.01. The third kappa shape index (κ3) is 5.77. The van der Waals surface area contributed by atoms with Gasteiger partial charge in [0.05, 0.1) is 6.10 Å². The summed E-state index contributed by atoms with van der Waals surface area (Å²) in [6, 6.07) is 9.08. The highest BCUT2D eigenvalue weighted by Gasteiger charge is 2.21. The SMILES string of the molecule is COC1CCN(Cc2ccc(CCNC(C)(C)C)cc2)C1. The van der Waals surface area contributed by atoms with E-state index >= 15 is 0 Å². The fraction of sp³-hybridized carbons (Fsp3) is 0.667. The summed E-state index contributed by atoms with van der Waals surface area (Å²) in [5, 5.41) is 3.53. The molecule has 1 unspecified atom stereocenters. The van der Waals surface area contributed by atoms with Crippen molar-refractivity contribution >= 4 is 0 Å². The molecule has 0 amide bonds. The van der Waals surface area contributed by atoms with Crippen LogP contribution >= 0.6 is 0 Å². The summed E-state index contributed by atoms with van der Waals surface area (Å²) >= 11 is 0. The topological polar surface area (TPSA) is 24.5 Å². The van der Waals surface area contributed by atoms with Gasteiger partial charge in [0.15, 0.2) is 0 Å². The van der Waals surface area contributed by atoms with E-state index in [4.69, 9.17) is 4.74 Å². The van der Waals surface area contributed by atoms with Crippen LogP contribution in [0.15, 0.2) is 24.3 Å². The number of nitrogens with one attached hydrogen (secondary N) is 1. The molecule has 1 fully saturated rings. The van der Waals surface area contributed by atoms with Crippen molar-refractivity contribution in [2.45, 2.75) is 51.8 Å². The number of likely N-dealkylation sites (tertiary alicyclic amines) is 1. The third-order valence-corrected chi connectivity index (χ3v) is 4.06. The zero-order valence-electron chi connectivity index (χ0n) is 14.0. The maximum atomic E-state index is 5.42. The summed E-state index contributed by atoms with van der Waals surface area (Å²) in [5.74, 6) is 0. The van der Waals surface area contributed by atoms with Gasteiger partial charge in [0.25, 0.3) is 0 Å². The normalized spacial score (nSPS) is 20.1. The van der Waals surface area contributed by atoms with Gasteiger partial charge in [-0.05, 0) is 51.3 Å². The molecule has 2 rings (SSSR count). The Hall–Kier alpha value is -0.900. The van der Waals surface area contributed by atoms with E-state index in [2.05, 4.69) is 55.3 Å². The van der Waals surface area contributed by atoms with Gasteiger partial charge in [0.2, 0.25) is 0 Å². The number of ether oxygens (including phenoxy) is 1. The van der Waals surface area contributed by atoms with Crippen molar-refractivity contribution < 1.29 is 4.74 Å². The van der Waals surface area contributed by atoms with Crippen molar-refractivity contribution in [3.63, 3.8) is 0 Å². The summed E-state index contributed by atoms with van der Waals surface area (Å²) in [7, 11) is 1.81. The standard InChI is InChI=1S/C18H30N2O/c1-18(2,3)19-11-9-15-5-7-16(8-6-15)13-20-12-10-17(14-20)21-4/h5-8,17,19H,9-14H2,1-4H3. The number of hydrogen-bond donors (Lipinski definition) is 1. The van der Waals surface area contributed by atoms with Crippen LogP contribution in [0.25, 0.3) is 0 Å². The molecule has 0 saturated carbocycles. The van der Waals surface area contributed by atoms with E-state index in [1.54, 1.807) is 0 Å². The molecule has 3 nitrogen and oxygen atoms in total. The Morgan fingerprint density at radius 1 is 1.19 bits per heavy atom. The Morgan fingerprint density at radius 2 is 1.86 bits per heavy atom. The van der Waals surface area contributed by atoms with Gasteiger partial charge in [-0.25, -0.2) is 0 Å². The molecule has 0 bridgehead atoms. The lowest BCUT2D eigenvalue weighted by molar-refractivity contribution is 0.107. The molecular weight excluding hydrogens is 260 g/mol. The lowest BCUT2D eigenvalue weighted by Crippen LogP contribution is -2.37. The van der Waals surface area contributed by atoms with E-state index in [1.807, 2.05) is 7.11 Å². The first-order valence-electron chi connectivity index (χ1n) is 8.04. The average molecular weight is 290 g/mol. The Kier molecular flexibility index (Phi) is 5.80. The van der Waals surface area contributed by atoms with E-state index in [0.29, 0.717) is 6.10 Å². The Labute approximate surface area is 129 Å². The number of hydrogen-bond acceptors (Lipinski definition) is 3. The zero-order chi connectivity index (χ0) is 15.3. The smallest absolute Gasteiger partial charge is 0.0710 e. The second-order valence-corrected chi connectivity index (χ2v) is 7.12. The van der Waals surface area contributed by atoms with Gasteiger partial charge in [-0.15, -0.1) is 0 Å². The molecule has 3 heteroatoms. The maximum Gasteiger partial charge on any atom is 0.0710 e. The van der Waals surface area contributed by atoms with E-state index in [1.165, 1.54) is 11.1 Å². The Balaban J connectivity index is 1.77. The molecule has 0 spiro atoms. The van der Waals surface area contributed by atoms with Gasteiger partial charge in [0.1, 0.15) is 0 Å². The first kappa shape index (κ1) is 16.5. The van der Waals surface area contributed by atoms with Gasteiger partial charge < -0.3 is 10.1 Å². The predicted molar refractivity (Wildman–Crippen MR) is 88.6 cm³/mol. The highest BCUT2D eigenvalue weighted by Crippen LogP contribution is 2.16. The minimum atomic E-state index is 0.202. The van der Waals surface area contributed by atoms with Gasteiger partial charge in [-0.3, -0.25) is 4.90 Å². The second-order valence-electron chi connectivity index (χ2n) is 7.12. The van der Waals surface area contributed by atoms with Gasteiger partial charge in [-0.1, -0.05) is 24.3 Å². The third-order valence-electron chi connectivity index (χ3n) is 4.06. The quantitative estimate of drug-likeness (QED) is 0.872. The van der Waals surface area contributed by atoms with Crippen LogP contribution in [0.4, 0.5) is 0 Å². The molecule has 1 aromatic rings. The van der Waals surface area contributed by atoms with Crippen LogP contribution in [0.3, 0.4) is 0 Å². The number of benzene rings is 1. The van der Waals surface area contributed by atoms with E-state index < -0.39 is 0 Å². The fourth-order valence-electron chi connectivity index (χ4n) is 2.78. The summed E-state index contributed by atoms with van der Waals surface area (Å²) in [4.78, 5) is 2.48. The lowest BCUT2D eigenvalue weighted by atomic mass is 10.1. The van der Waals surface area contributed by atoms with Crippen LogP contribution in [-0.2, 0) is 17.7 Å². The molecule has 21 heavy (non-hydrogen) atoms. The summed E-state index contributed by atoms with van der Waals surface area (Å²) in [6.45, 7) is 10.9. The maximum absolute atomic E-state index is 5.42. The van der Waals surface area contributed by atoms with E-state index in [-0.39, 0.29) is 5.54 Å². The number of nitrogens with zero attached hydrogens (tertiary/aromatic N) is 1. The monoisotopic (exact) mass is 290 g/mol. The van der Waals surface area contributed by atoms with Crippen LogP contribution in [0.5, 0.6) is 0 Å². The molecule has 1 atom stereocenters. The number of methoxy groups -OCH3 is 1. The zero-order valence-corrected chi connectivity index (χ0v) is 14.0. The molecule has 1 N–H and O–H groups in total. The average Bonchev–Trinajstić information content (AvgIpc) is 2.87. The minimum Gasteiger partial charge on any atom is -0.380 e. The van der Waals surface area contributed by atoms with Crippen molar-refractivity contribution in [3.8, 4) is 0 Å². The minimum absolute atomic E-state index is 0.202. The predicted octanol–water partition coefficient (Wildman–Crippen LogP) is 2.84. The van der Waals surface area contributed by atoms with E-state index in [9.17, 15) is 0 Å². The molecule has 1 aliphatic rings. The van der Waals surface area contributed by atoms with Crippen LogP contribution in [-0.4, -0.2) is 43.3 Å². The molecule has 1 saturated heterocycles. The van der Waals surface area contributed by atoms with Crippen molar-refractivity contribution in [2.24, 2.45) is 0 Å².